The van der Waals surface area contributed by atoms with Gasteiger partial charge in [-0.05, 0) is 71.0 Å². The summed E-state index contributed by atoms with van der Waals surface area (Å²) in [7, 11) is 2.96. The van der Waals surface area contributed by atoms with Crippen molar-refractivity contribution < 1.29 is 19.9 Å². The molecular weight excluding hydrogens is 505 g/mol. The zero-order chi connectivity index (χ0) is 28.3. The maximum atomic E-state index is 12.0. The van der Waals surface area contributed by atoms with E-state index >= 15 is 0 Å². The van der Waals surface area contributed by atoms with Crippen LogP contribution in [0.15, 0.2) is 41.4 Å². The summed E-state index contributed by atoms with van der Waals surface area (Å²) in [5.74, 6) is -0.341. The van der Waals surface area contributed by atoms with E-state index in [1.54, 1.807) is 19.9 Å². The number of aliphatic hydroxyl groups is 2. The van der Waals surface area contributed by atoms with Gasteiger partial charge in [0.2, 0.25) is 0 Å². The standard InChI is InChI=1S/C23H34Cl2N2O3.C2H2.CH3NO2/c1-5-27(20-11-8-10-19(24)22(20)25)16-15-26(4)14-7-6-9-18(28)12-13-21(29)23(30)17(2)3;1-2;1-2(3)4/h8,10-11,13,29-30H,5-7,9,12,14-16H2,1-4H3;1-2H;1H3/b21-13+;;. The minimum absolute atomic E-state index is 0.0542. The molecule has 0 aliphatic heterocycles. The number of hydrogen-bond donors (Lipinski definition) is 2. The van der Waals surface area contributed by atoms with Gasteiger partial charge < -0.3 is 20.0 Å². The number of hydrogen-bond acceptors (Lipinski definition) is 7. The van der Waals surface area contributed by atoms with Gasteiger partial charge in [-0.25, -0.2) is 0 Å². The summed E-state index contributed by atoms with van der Waals surface area (Å²) in [5, 5.41) is 29.3. The summed E-state index contributed by atoms with van der Waals surface area (Å²) in [6.07, 6.45) is 11.7. The van der Waals surface area contributed by atoms with Gasteiger partial charge >= 0.3 is 0 Å². The van der Waals surface area contributed by atoms with Gasteiger partial charge in [-0.3, -0.25) is 14.9 Å². The first-order valence-electron chi connectivity index (χ1n) is 11.5. The molecule has 0 saturated carbocycles. The van der Waals surface area contributed by atoms with Crippen LogP contribution in [0.4, 0.5) is 5.69 Å². The van der Waals surface area contributed by atoms with E-state index in [1.807, 2.05) is 12.1 Å². The van der Waals surface area contributed by atoms with E-state index in [2.05, 4.69) is 36.6 Å². The molecule has 1 aromatic rings. The van der Waals surface area contributed by atoms with Crippen molar-refractivity contribution in [1.82, 2.24) is 4.90 Å². The Hall–Kier alpha value is -2.73. The van der Waals surface area contributed by atoms with E-state index in [4.69, 9.17) is 33.3 Å². The Morgan fingerprint density at radius 2 is 1.72 bits per heavy atom. The van der Waals surface area contributed by atoms with E-state index in [0.29, 0.717) is 22.0 Å². The second-order valence-electron chi connectivity index (χ2n) is 8.03. The van der Waals surface area contributed by atoms with Crippen LogP contribution in [0.2, 0.25) is 10.0 Å². The van der Waals surface area contributed by atoms with Gasteiger partial charge in [0.25, 0.3) is 0 Å². The Balaban J connectivity index is 0. The fourth-order valence-electron chi connectivity index (χ4n) is 2.96. The lowest BCUT2D eigenvalue weighted by Crippen LogP contribution is -2.33. The number of carbonyl (C=O) groups is 1. The van der Waals surface area contributed by atoms with Crippen LogP contribution in [-0.2, 0) is 4.79 Å². The molecule has 0 saturated heterocycles. The van der Waals surface area contributed by atoms with Gasteiger partial charge in [0.1, 0.15) is 5.78 Å². The molecule has 36 heavy (non-hydrogen) atoms. The van der Waals surface area contributed by atoms with Crippen LogP contribution in [0.1, 0.15) is 46.5 Å². The molecule has 1 rings (SSSR count). The number of anilines is 1. The number of halogens is 2. The monoisotopic (exact) mass is 543 g/mol. The summed E-state index contributed by atoms with van der Waals surface area (Å²) in [6, 6.07) is 5.67. The molecule has 0 aromatic heterocycles. The van der Waals surface area contributed by atoms with Crippen LogP contribution in [0, 0.1) is 23.0 Å². The lowest BCUT2D eigenvalue weighted by atomic mass is 10.1. The molecule has 0 fully saturated rings. The minimum Gasteiger partial charge on any atom is -0.504 e. The van der Waals surface area contributed by atoms with Crippen molar-refractivity contribution in [3.05, 3.63) is 61.5 Å². The van der Waals surface area contributed by atoms with Crippen molar-refractivity contribution >= 4 is 34.7 Å². The van der Waals surface area contributed by atoms with Gasteiger partial charge in [0, 0.05) is 37.4 Å². The molecule has 0 bridgehead atoms. The molecule has 8 nitrogen and oxygen atoms in total. The van der Waals surface area contributed by atoms with Crippen molar-refractivity contribution in [2.24, 2.45) is 0 Å². The summed E-state index contributed by atoms with van der Waals surface area (Å²) in [4.78, 5) is 24.7. The molecule has 202 valence electrons. The Morgan fingerprint density at radius 3 is 2.25 bits per heavy atom. The quantitative estimate of drug-likeness (QED) is 0.0748. The summed E-state index contributed by atoms with van der Waals surface area (Å²) >= 11 is 12.5. The van der Waals surface area contributed by atoms with Crippen LogP contribution >= 0.6 is 23.2 Å². The predicted molar refractivity (Wildman–Crippen MR) is 150 cm³/mol. The van der Waals surface area contributed by atoms with Gasteiger partial charge in [-0.15, -0.1) is 12.8 Å². The summed E-state index contributed by atoms with van der Waals surface area (Å²) < 4.78 is 0. The van der Waals surface area contributed by atoms with Crippen molar-refractivity contribution in [3.63, 3.8) is 0 Å². The van der Waals surface area contributed by atoms with Crippen LogP contribution in [0.3, 0.4) is 0 Å². The number of nitrogens with zero attached hydrogens (tertiary/aromatic N) is 3. The second kappa shape index (κ2) is 20.5. The number of nitro groups is 1. The van der Waals surface area contributed by atoms with Gasteiger partial charge in [0.05, 0.1) is 15.7 Å². The van der Waals surface area contributed by atoms with Crippen molar-refractivity contribution in [2.75, 3.05) is 45.2 Å². The Bertz CT molecular complexity index is 893. The molecule has 0 aliphatic rings. The smallest absolute Gasteiger partial charge is 0.194 e. The summed E-state index contributed by atoms with van der Waals surface area (Å²) in [5.41, 5.74) is 1.56. The molecule has 0 spiro atoms. The van der Waals surface area contributed by atoms with E-state index in [1.165, 1.54) is 6.08 Å². The number of rotatable bonds is 13. The van der Waals surface area contributed by atoms with Crippen molar-refractivity contribution in [1.29, 1.82) is 0 Å². The number of likely N-dealkylation sites (N-methyl/N-ethyl adjacent to an activating group) is 2. The first-order valence-corrected chi connectivity index (χ1v) is 12.2. The normalized spacial score (nSPS) is 10.4. The van der Waals surface area contributed by atoms with Crippen LogP contribution < -0.4 is 4.90 Å². The molecular formula is C26H39Cl2N3O5. The lowest BCUT2D eigenvalue weighted by Gasteiger charge is -2.27. The average Bonchev–Trinajstić information content (AvgIpc) is 2.83. The van der Waals surface area contributed by atoms with Gasteiger partial charge in [0.15, 0.2) is 18.6 Å². The number of unbranched alkanes of at least 4 members (excludes halogenated alkanes) is 1. The third kappa shape index (κ3) is 16.0. The number of terminal acetylenes is 1. The van der Waals surface area contributed by atoms with E-state index in [-0.39, 0.29) is 23.7 Å². The number of aliphatic hydroxyl groups excluding tert-OH is 2. The minimum atomic E-state index is -0.500. The third-order valence-electron chi connectivity index (χ3n) is 4.89. The first kappa shape index (κ1) is 35.4. The largest absolute Gasteiger partial charge is 0.504 e. The van der Waals surface area contributed by atoms with Gasteiger partial charge in [-0.1, -0.05) is 29.3 Å². The topological polar surface area (TPSA) is 107 Å². The Labute approximate surface area is 225 Å². The molecule has 1 aromatic carbocycles. The summed E-state index contributed by atoms with van der Waals surface area (Å²) in [6.45, 7) is 8.93. The Morgan fingerprint density at radius 1 is 1.14 bits per heavy atom. The molecule has 0 unspecified atom stereocenters. The number of allylic oxidation sites excluding steroid dienone is 2. The van der Waals surface area contributed by atoms with Gasteiger partial charge in [-0.2, -0.15) is 0 Å². The lowest BCUT2D eigenvalue weighted by molar-refractivity contribution is -0.445. The third-order valence-corrected chi connectivity index (χ3v) is 5.70. The number of ketones is 1. The zero-order valence-electron chi connectivity index (χ0n) is 21.8. The number of Topliss-reactive ketones (excluding diaryl/α,β-unsaturated/α-hetero) is 1. The van der Waals surface area contributed by atoms with Crippen molar-refractivity contribution in [3.8, 4) is 12.8 Å². The zero-order valence-corrected chi connectivity index (χ0v) is 23.3. The van der Waals surface area contributed by atoms with Crippen molar-refractivity contribution in [2.45, 2.75) is 46.5 Å². The highest BCUT2D eigenvalue weighted by atomic mass is 35.5. The fourth-order valence-corrected chi connectivity index (χ4v) is 3.37. The maximum Gasteiger partial charge on any atom is 0.194 e. The molecule has 0 heterocycles. The maximum absolute atomic E-state index is 12.0. The second-order valence-corrected chi connectivity index (χ2v) is 8.82. The molecule has 0 atom stereocenters. The fraction of sp³-hybridized carbons (Fsp3) is 0.500. The molecule has 0 amide bonds. The van der Waals surface area contributed by atoms with E-state index in [9.17, 15) is 15.0 Å². The van der Waals surface area contributed by atoms with Crippen LogP contribution in [0.25, 0.3) is 0 Å². The van der Waals surface area contributed by atoms with Crippen LogP contribution in [0.5, 0.6) is 0 Å². The number of benzene rings is 1. The van der Waals surface area contributed by atoms with Crippen LogP contribution in [-0.4, -0.2) is 66.1 Å². The van der Waals surface area contributed by atoms with E-state index < -0.39 is 4.92 Å². The molecule has 0 radical (unpaired) electrons. The molecule has 10 heteroatoms. The molecule has 0 aliphatic carbocycles. The number of carbonyl (C=O) groups excluding carboxylic acids is 1. The Kier molecular flexibility index (Phi) is 20.1. The molecule has 2 N–H and O–H groups in total. The highest BCUT2D eigenvalue weighted by molar-refractivity contribution is 6.43. The predicted octanol–water partition coefficient (Wildman–Crippen LogP) is 6.32. The highest BCUT2D eigenvalue weighted by Crippen LogP contribution is 2.32. The highest BCUT2D eigenvalue weighted by Gasteiger charge is 2.12. The average molecular weight is 545 g/mol. The first-order chi connectivity index (χ1) is 16.9. The van der Waals surface area contributed by atoms with E-state index in [0.717, 1.165) is 51.8 Å². The SMILES string of the molecule is C#C.CCN(CCN(C)CCCCC(=O)C/C=C(/O)C(O)=C(C)C)c1cccc(Cl)c1Cl.C[N+](=O)[O-].